The Hall–Kier alpha value is -0.120. The summed E-state index contributed by atoms with van der Waals surface area (Å²) >= 11 is 0. The standard InChI is InChI=1S/C6H14N2O/c1-5(9)6-4-7-2-3-8-6/h5-9H,2-4H2,1H3. The number of aliphatic hydroxyl groups excluding tert-OH is 1. The first kappa shape index (κ1) is 6.99. The minimum absolute atomic E-state index is 0.238. The predicted molar refractivity (Wildman–Crippen MR) is 36.3 cm³/mol. The lowest BCUT2D eigenvalue weighted by Crippen LogP contribution is -2.53. The van der Waals surface area contributed by atoms with Crippen molar-refractivity contribution in [3.05, 3.63) is 0 Å². The third-order valence-electron chi connectivity index (χ3n) is 1.65. The van der Waals surface area contributed by atoms with E-state index in [9.17, 15) is 0 Å². The van der Waals surface area contributed by atoms with Gasteiger partial charge in [0.2, 0.25) is 0 Å². The summed E-state index contributed by atoms with van der Waals surface area (Å²) in [7, 11) is 0. The zero-order chi connectivity index (χ0) is 6.69. The lowest BCUT2D eigenvalue weighted by Gasteiger charge is -2.26. The van der Waals surface area contributed by atoms with E-state index in [1.54, 1.807) is 0 Å². The normalized spacial score (nSPS) is 32.0. The van der Waals surface area contributed by atoms with Crippen molar-refractivity contribution >= 4 is 0 Å². The number of hydrogen-bond acceptors (Lipinski definition) is 3. The van der Waals surface area contributed by atoms with Crippen LogP contribution in [-0.2, 0) is 0 Å². The fraction of sp³-hybridized carbons (Fsp3) is 1.00. The molecule has 1 aliphatic rings. The molecule has 9 heavy (non-hydrogen) atoms. The Morgan fingerprint density at radius 2 is 2.33 bits per heavy atom. The molecule has 1 rings (SSSR count). The van der Waals surface area contributed by atoms with Crippen LogP contribution in [0.1, 0.15) is 6.92 Å². The lowest BCUT2D eigenvalue weighted by molar-refractivity contribution is 0.136. The van der Waals surface area contributed by atoms with E-state index >= 15 is 0 Å². The number of nitrogens with one attached hydrogen (secondary N) is 2. The summed E-state index contributed by atoms with van der Waals surface area (Å²) in [6.45, 7) is 4.68. The van der Waals surface area contributed by atoms with Crippen molar-refractivity contribution in [1.29, 1.82) is 0 Å². The summed E-state index contributed by atoms with van der Waals surface area (Å²) in [5, 5.41) is 15.5. The lowest BCUT2D eigenvalue weighted by atomic mass is 10.1. The quantitative estimate of drug-likeness (QED) is 0.423. The average Bonchev–Trinajstić information content (AvgIpc) is 1.90. The summed E-state index contributed by atoms with van der Waals surface area (Å²) in [5.41, 5.74) is 0. The van der Waals surface area contributed by atoms with Crippen LogP contribution in [0.15, 0.2) is 0 Å². The Morgan fingerprint density at radius 1 is 1.56 bits per heavy atom. The molecule has 3 nitrogen and oxygen atoms in total. The summed E-state index contributed by atoms with van der Waals surface area (Å²) in [6.07, 6.45) is -0.238. The third-order valence-corrected chi connectivity index (χ3v) is 1.65. The zero-order valence-electron chi connectivity index (χ0n) is 5.72. The van der Waals surface area contributed by atoms with Crippen LogP contribution in [-0.4, -0.2) is 36.9 Å². The van der Waals surface area contributed by atoms with Crippen molar-refractivity contribution in [1.82, 2.24) is 10.6 Å². The molecule has 0 aromatic carbocycles. The van der Waals surface area contributed by atoms with Crippen LogP contribution >= 0.6 is 0 Å². The molecule has 54 valence electrons. The number of aliphatic hydroxyl groups is 1. The molecular weight excluding hydrogens is 116 g/mol. The van der Waals surface area contributed by atoms with E-state index in [0.29, 0.717) is 0 Å². The van der Waals surface area contributed by atoms with E-state index in [1.165, 1.54) is 0 Å². The molecular formula is C6H14N2O. The van der Waals surface area contributed by atoms with Crippen molar-refractivity contribution in [2.75, 3.05) is 19.6 Å². The maximum Gasteiger partial charge on any atom is 0.0677 e. The molecule has 0 aliphatic carbocycles. The molecule has 3 N–H and O–H groups in total. The van der Waals surface area contributed by atoms with Crippen molar-refractivity contribution in [2.45, 2.75) is 19.1 Å². The second kappa shape index (κ2) is 3.15. The van der Waals surface area contributed by atoms with E-state index in [1.807, 2.05) is 6.92 Å². The summed E-state index contributed by atoms with van der Waals surface area (Å²) < 4.78 is 0. The van der Waals surface area contributed by atoms with Gasteiger partial charge in [0.1, 0.15) is 0 Å². The van der Waals surface area contributed by atoms with Gasteiger partial charge in [-0.3, -0.25) is 0 Å². The largest absolute Gasteiger partial charge is 0.392 e. The molecule has 2 atom stereocenters. The maximum atomic E-state index is 9.07. The van der Waals surface area contributed by atoms with E-state index < -0.39 is 0 Å². The molecule has 1 saturated heterocycles. The van der Waals surface area contributed by atoms with Gasteiger partial charge >= 0.3 is 0 Å². The van der Waals surface area contributed by atoms with Crippen molar-refractivity contribution < 1.29 is 5.11 Å². The van der Waals surface area contributed by atoms with Gasteiger partial charge in [-0.2, -0.15) is 0 Å². The average molecular weight is 130 g/mol. The van der Waals surface area contributed by atoms with Gasteiger partial charge in [0, 0.05) is 25.7 Å². The van der Waals surface area contributed by atoms with E-state index in [2.05, 4.69) is 10.6 Å². The topological polar surface area (TPSA) is 44.3 Å². The summed E-state index contributed by atoms with van der Waals surface area (Å²) in [4.78, 5) is 0. The fourth-order valence-corrected chi connectivity index (χ4v) is 1.02. The molecule has 0 amide bonds. The van der Waals surface area contributed by atoms with Crippen LogP contribution in [0.4, 0.5) is 0 Å². The Kier molecular flexibility index (Phi) is 2.45. The highest BCUT2D eigenvalue weighted by Crippen LogP contribution is 1.92. The Balaban J connectivity index is 2.23. The Morgan fingerprint density at radius 3 is 2.67 bits per heavy atom. The van der Waals surface area contributed by atoms with Gasteiger partial charge in [-0.15, -0.1) is 0 Å². The van der Waals surface area contributed by atoms with Gasteiger partial charge in [-0.25, -0.2) is 0 Å². The zero-order valence-corrected chi connectivity index (χ0v) is 5.72. The highest BCUT2D eigenvalue weighted by Gasteiger charge is 2.15. The second-order valence-electron chi connectivity index (χ2n) is 2.51. The first-order chi connectivity index (χ1) is 4.30. The molecule has 1 aliphatic heterocycles. The van der Waals surface area contributed by atoms with Crippen molar-refractivity contribution in [2.24, 2.45) is 0 Å². The smallest absolute Gasteiger partial charge is 0.0677 e. The van der Waals surface area contributed by atoms with E-state index in [0.717, 1.165) is 19.6 Å². The van der Waals surface area contributed by atoms with Gasteiger partial charge in [-0.05, 0) is 6.92 Å². The monoisotopic (exact) mass is 130 g/mol. The molecule has 0 bridgehead atoms. The maximum absolute atomic E-state index is 9.07. The first-order valence-corrected chi connectivity index (χ1v) is 3.43. The number of piperazine rings is 1. The molecule has 0 radical (unpaired) electrons. The van der Waals surface area contributed by atoms with Crippen LogP contribution in [0.3, 0.4) is 0 Å². The molecule has 0 aromatic rings. The van der Waals surface area contributed by atoms with Gasteiger partial charge in [0.25, 0.3) is 0 Å². The summed E-state index contributed by atoms with van der Waals surface area (Å²) in [6, 6.07) is 0.249. The molecule has 0 spiro atoms. The molecule has 0 aromatic heterocycles. The van der Waals surface area contributed by atoms with Crippen molar-refractivity contribution in [3.8, 4) is 0 Å². The highest BCUT2D eigenvalue weighted by atomic mass is 16.3. The number of rotatable bonds is 1. The molecule has 0 saturated carbocycles. The fourth-order valence-electron chi connectivity index (χ4n) is 1.02. The van der Waals surface area contributed by atoms with E-state index in [4.69, 9.17) is 5.11 Å². The number of hydrogen-bond donors (Lipinski definition) is 3. The van der Waals surface area contributed by atoms with Crippen LogP contribution < -0.4 is 10.6 Å². The SMILES string of the molecule is CC(O)C1CNCCN1. The van der Waals surface area contributed by atoms with Gasteiger partial charge in [0.05, 0.1) is 6.10 Å². The molecule has 1 fully saturated rings. The van der Waals surface area contributed by atoms with Gasteiger partial charge in [-0.1, -0.05) is 0 Å². The first-order valence-electron chi connectivity index (χ1n) is 3.43. The van der Waals surface area contributed by atoms with E-state index in [-0.39, 0.29) is 12.1 Å². The minimum Gasteiger partial charge on any atom is -0.392 e. The van der Waals surface area contributed by atoms with Crippen LogP contribution in [0, 0.1) is 0 Å². The Labute approximate surface area is 55.5 Å². The molecule has 2 unspecified atom stereocenters. The minimum atomic E-state index is -0.238. The second-order valence-corrected chi connectivity index (χ2v) is 2.51. The highest BCUT2D eigenvalue weighted by molar-refractivity contribution is 4.78. The van der Waals surface area contributed by atoms with Gasteiger partial charge < -0.3 is 15.7 Å². The van der Waals surface area contributed by atoms with Crippen molar-refractivity contribution in [3.63, 3.8) is 0 Å². The van der Waals surface area contributed by atoms with Gasteiger partial charge in [0.15, 0.2) is 0 Å². The third kappa shape index (κ3) is 1.93. The predicted octanol–water partition coefficient (Wildman–Crippen LogP) is -1.07. The molecule has 1 heterocycles. The Bertz CT molecular complexity index is 79.1. The van der Waals surface area contributed by atoms with Crippen LogP contribution in [0.5, 0.6) is 0 Å². The summed E-state index contributed by atoms with van der Waals surface area (Å²) in [5.74, 6) is 0. The van der Waals surface area contributed by atoms with Crippen LogP contribution in [0.25, 0.3) is 0 Å². The molecule has 3 heteroatoms. The van der Waals surface area contributed by atoms with Crippen LogP contribution in [0.2, 0.25) is 0 Å².